The van der Waals surface area contributed by atoms with E-state index in [0.717, 1.165) is 5.76 Å². The number of amides is 2. The molecule has 0 spiro atoms. The van der Waals surface area contributed by atoms with E-state index >= 15 is 0 Å². The molecule has 1 aliphatic rings. The van der Waals surface area contributed by atoms with Crippen LogP contribution in [0.15, 0.2) is 47.1 Å². The lowest BCUT2D eigenvalue weighted by Gasteiger charge is -2.33. The van der Waals surface area contributed by atoms with Gasteiger partial charge < -0.3 is 19.0 Å². The van der Waals surface area contributed by atoms with E-state index in [9.17, 15) is 9.59 Å². The standard InChI is InChI=1S/C19H22N2O4/c1-13(16-9-6-12-24-16)20(3)18(22)10-11-21-15-7-4-5-8-17(15)25-14(2)19(21)23/h4-9,12-14H,10-11H2,1-3H3. The first-order valence-electron chi connectivity index (χ1n) is 8.35. The predicted octanol–water partition coefficient (Wildman–Crippen LogP) is 3.00. The number of benzene rings is 1. The Labute approximate surface area is 147 Å². The molecule has 1 aliphatic heterocycles. The molecular weight excluding hydrogens is 320 g/mol. The molecule has 2 aromatic rings. The summed E-state index contributed by atoms with van der Waals surface area (Å²) in [5.74, 6) is 1.22. The van der Waals surface area contributed by atoms with Crippen LogP contribution in [0.1, 0.15) is 32.1 Å². The summed E-state index contributed by atoms with van der Waals surface area (Å²) in [5, 5.41) is 0. The van der Waals surface area contributed by atoms with Gasteiger partial charge >= 0.3 is 0 Å². The third kappa shape index (κ3) is 3.38. The SMILES string of the molecule is CC1Oc2ccccc2N(CCC(=O)N(C)C(C)c2ccco2)C1=O. The molecule has 6 heteroatoms. The minimum absolute atomic E-state index is 0.0478. The fraction of sp³-hybridized carbons (Fsp3) is 0.368. The van der Waals surface area contributed by atoms with Crippen LogP contribution in [-0.4, -0.2) is 36.4 Å². The number of hydrogen-bond donors (Lipinski definition) is 0. The summed E-state index contributed by atoms with van der Waals surface area (Å²) in [5.41, 5.74) is 0.708. The summed E-state index contributed by atoms with van der Waals surface area (Å²) in [6.45, 7) is 3.95. The summed E-state index contributed by atoms with van der Waals surface area (Å²) in [6, 6.07) is 10.9. The van der Waals surface area contributed by atoms with E-state index in [4.69, 9.17) is 9.15 Å². The lowest BCUT2D eigenvalue weighted by Crippen LogP contribution is -2.46. The molecule has 0 saturated carbocycles. The first kappa shape index (κ1) is 17.1. The summed E-state index contributed by atoms with van der Waals surface area (Å²) in [4.78, 5) is 28.3. The number of para-hydroxylation sites is 2. The third-order valence-electron chi connectivity index (χ3n) is 4.55. The van der Waals surface area contributed by atoms with Gasteiger partial charge in [0.25, 0.3) is 5.91 Å². The summed E-state index contributed by atoms with van der Waals surface area (Å²) < 4.78 is 11.0. The number of carbonyl (C=O) groups is 2. The second-order valence-electron chi connectivity index (χ2n) is 6.16. The fourth-order valence-corrected chi connectivity index (χ4v) is 2.91. The number of carbonyl (C=O) groups excluding carboxylic acids is 2. The van der Waals surface area contributed by atoms with Gasteiger partial charge in [0.2, 0.25) is 5.91 Å². The molecule has 0 fully saturated rings. The Hall–Kier alpha value is -2.76. The van der Waals surface area contributed by atoms with Crippen molar-refractivity contribution in [3.05, 3.63) is 48.4 Å². The number of rotatable bonds is 5. The quantitative estimate of drug-likeness (QED) is 0.838. The highest BCUT2D eigenvalue weighted by Crippen LogP contribution is 2.33. The molecule has 132 valence electrons. The minimum Gasteiger partial charge on any atom is -0.479 e. The van der Waals surface area contributed by atoms with Crippen molar-refractivity contribution in [1.29, 1.82) is 0 Å². The average molecular weight is 342 g/mol. The van der Waals surface area contributed by atoms with Gasteiger partial charge in [-0.25, -0.2) is 0 Å². The predicted molar refractivity (Wildman–Crippen MR) is 93.4 cm³/mol. The Morgan fingerprint density at radius 2 is 2.04 bits per heavy atom. The van der Waals surface area contributed by atoms with Crippen molar-refractivity contribution in [3.8, 4) is 5.75 Å². The van der Waals surface area contributed by atoms with Crippen LogP contribution >= 0.6 is 0 Å². The van der Waals surface area contributed by atoms with Crippen LogP contribution in [0.2, 0.25) is 0 Å². The number of nitrogens with zero attached hydrogens (tertiary/aromatic N) is 2. The monoisotopic (exact) mass is 342 g/mol. The zero-order valence-corrected chi connectivity index (χ0v) is 14.6. The molecule has 0 N–H and O–H groups in total. The highest BCUT2D eigenvalue weighted by atomic mass is 16.5. The zero-order chi connectivity index (χ0) is 18.0. The van der Waals surface area contributed by atoms with Gasteiger partial charge in [-0.3, -0.25) is 9.59 Å². The van der Waals surface area contributed by atoms with Crippen LogP contribution in [-0.2, 0) is 9.59 Å². The molecule has 3 rings (SSSR count). The van der Waals surface area contributed by atoms with Crippen molar-refractivity contribution in [1.82, 2.24) is 4.90 Å². The minimum atomic E-state index is -0.551. The van der Waals surface area contributed by atoms with Crippen LogP contribution in [0.4, 0.5) is 5.69 Å². The molecule has 0 saturated heterocycles. The van der Waals surface area contributed by atoms with Gasteiger partial charge in [0, 0.05) is 20.0 Å². The smallest absolute Gasteiger partial charge is 0.267 e. The maximum absolute atomic E-state index is 12.5. The van der Waals surface area contributed by atoms with E-state index in [2.05, 4.69) is 0 Å². The summed E-state index contributed by atoms with van der Waals surface area (Å²) in [6.07, 6.45) is 1.27. The van der Waals surface area contributed by atoms with Crippen LogP contribution in [0.5, 0.6) is 5.75 Å². The first-order chi connectivity index (χ1) is 12.0. The summed E-state index contributed by atoms with van der Waals surface area (Å²) >= 11 is 0. The molecule has 0 bridgehead atoms. The van der Waals surface area contributed by atoms with Crippen molar-refractivity contribution in [2.24, 2.45) is 0 Å². The molecule has 6 nitrogen and oxygen atoms in total. The lowest BCUT2D eigenvalue weighted by molar-refractivity contribution is -0.132. The topological polar surface area (TPSA) is 63.0 Å². The second-order valence-corrected chi connectivity index (χ2v) is 6.16. The normalized spacial score (nSPS) is 17.6. The third-order valence-corrected chi connectivity index (χ3v) is 4.55. The van der Waals surface area contributed by atoms with E-state index in [1.54, 1.807) is 36.1 Å². The van der Waals surface area contributed by atoms with Gasteiger partial charge in [0.05, 0.1) is 18.0 Å². The van der Waals surface area contributed by atoms with Crippen LogP contribution < -0.4 is 9.64 Å². The molecular formula is C19H22N2O4. The van der Waals surface area contributed by atoms with Gasteiger partial charge in [-0.1, -0.05) is 12.1 Å². The van der Waals surface area contributed by atoms with Crippen LogP contribution in [0.25, 0.3) is 0 Å². The van der Waals surface area contributed by atoms with Crippen molar-refractivity contribution in [3.63, 3.8) is 0 Å². The maximum atomic E-state index is 12.5. The molecule has 2 unspecified atom stereocenters. The van der Waals surface area contributed by atoms with Gasteiger partial charge in [-0.05, 0) is 38.1 Å². The van der Waals surface area contributed by atoms with Gasteiger partial charge in [0.15, 0.2) is 6.10 Å². The molecule has 1 aromatic heterocycles. The maximum Gasteiger partial charge on any atom is 0.267 e. The second kappa shape index (κ2) is 7.01. The Balaban J connectivity index is 1.68. The number of anilines is 1. The number of furan rings is 1. The largest absolute Gasteiger partial charge is 0.479 e. The van der Waals surface area contributed by atoms with Crippen LogP contribution in [0.3, 0.4) is 0 Å². The molecule has 2 atom stereocenters. The molecule has 0 aliphatic carbocycles. The molecule has 25 heavy (non-hydrogen) atoms. The van der Waals surface area contributed by atoms with E-state index in [1.807, 2.05) is 37.3 Å². The van der Waals surface area contributed by atoms with Crippen molar-refractivity contribution < 1.29 is 18.7 Å². The Bertz CT molecular complexity index is 757. The van der Waals surface area contributed by atoms with Gasteiger partial charge in [0.1, 0.15) is 11.5 Å². The van der Waals surface area contributed by atoms with Crippen molar-refractivity contribution >= 4 is 17.5 Å². The van der Waals surface area contributed by atoms with Gasteiger partial charge in [-0.2, -0.15) is 0 Å². The fourth-order valence-electron chi connectivity index (χ4n) is 2.91. The Morgan fingerprint density at radius 3 is 2.76 bits per heavy atom. The van der Waals surface area contributed by atoms with E-state index in [0.29, 0.717) is 18.0 Å². The molecule has 0 radical (unpaired) electrons. The lowest BCUT2D eigenvalue weighted by atomic mass is 10.1. The Morgan fingerprint density at radius 1 is 1.28 bits per heavy atom. The highest BCUT2D eigenvalue weighted by Gasteiger charge is 2.31. The van der Waals surface area contributed by atoms with E-state index in [1.165, 1.54) is 0 Å². The molecule has 2 amide bonds. The number of ether oxygens (including phenoxy) is 1. The first-order valence-corrected chi connectivity index (χ1v) is 8.35. The van der Waals surface area contributed by atoms with E-state index < -0.39 is 6.10 Å². The number of hydrogen-bond acceptors (Lipinski definition) is 4. The Kier molecular flexibility index (Phi) is 4.79. The van der Waals surface area contributed by atoms with E-state index in [-0.39, 0.29) is 24.3 Å². The molecule has 1 aromatic carbocycles. The summed E-state index contributed by atoms with van der Waals surface area (Å²) in [7, 11) is 1.74. The number of fused-ring (bicyclic) bond motifs is 1. The molecule has 2 heterocycles. The van der Waals surface area contributed by atoms with Gasteiger partial charge in [-0.15, -0.1) is 0 Å². The van der Waals surface area contributed by atoms with Crippen molar-refractivity contribution in [2.75, 3.05) is 18.5 Å². The zero-order valence-electron chi connectivity index (χ0n) is 14.6. The van der Waals surface area contributed by atoms with Crippen molar-refractivity contribution in [2.45, 2.75) is 32.4 Å². The average Bonchev–Trinajstić information content (AvgIpc) is 3.15. The van der Waals surface area contributed by atoms with Crippen LogP contribution in [0, 0.1) is 0 Å². The highest BCUT2D eigenvalue weighted by molar-refractivity contribution is 6.00.